The Balaban J connectivity index is 1.84. The van der Waals surface area contributed by atoms with Crippen molar-refractivity contribution in [1.29, 1.82) is 0 Å². The molecule has 0 aliphatic heterocycles. The van der Waals surface area contributed by atoms with E-state index in [0.717, 1.165) is 23.4 Å². The zero-order chi connectivity index (χ0) is 14.8. The van der Waals surface area contributed by atoms with Gasteiger partial charge in [0.05, 0.1) is 5.69 Å². The molecule has 3 aromatic rings. The van der Waals surface area contributed by atoms with E-state index in [0.29, 0.717) is 5.75 Å². The fourth-order valence-electron chi connectivity index (χ4n) is 1.83. The molecule has 1 aromatic heterocycles. The summed E-state index contributed by atoms with van der Waals surface area (Å²) in [5.41, 5.74) is 1.69. The van der Waals surface area contributed by atoms with Crippen molar-refractivity contribution >= 4 is 0 Å². The smallest absolute Gasteiger partial charge is 0.204 e. The molecule has 6 heteroatoms. The van der Waals surface area contributed by atoms with Gasteiger partial charge in [-0.3, -0.25) is 5.10 Å². The predicted molar refractivity (Wildman–Crippen MR) is 70.4 cm³/mol. The van der Waals surface area contributed by atoms with Gasteiger partial charge in [0.1, 0.15) is 5.75 Å². The number of hydrogen-bond acceptors (Lipinski definition) is 2. The van der Waals surface area contributed by atoms with Crippen LogP contribution in [0.15, 0.2) is 48.7 Å². The van der Waals surface area contributed by atoms with Gasteiger partial charge in [-0.2, -0.15) is 9.49 Å². The number of ether oxygens (including phenoxy) is 1. The molecule has 0 amide bonds. The van der Waals surface area contributed by atoms with Crippen molar-refractivity contribution in [3.63, 3.8) is 0 Å². The molecule has 0 saturated heterocycles. The Morgan fingerprint density at radius 2 is 1.62 bits per heavy atom. The van der Waals surface area contributed by atoms with Crippen LogP contribution in [0.2, 0.25) is 0 Å². The van der Waals surface area contributed by atoms with E-state index < -0.39 is 17.5 Å². The molecule has 0 saturated carbocycles. The first-order valence-electron chi connectivity index (χ1n) is 6.06. The number of rotatable bonds is 3. The van der Waals surface area contributed by atoms with Crippen LogP contribution in [0.1, 0.15) is 0 Å². The maximum Gasteiger partial charge on any atom is 0.204 e. The van der Waals surface area contributed by atoms with E-state index in [4.69, 9.17) is 4.74 Å². The van der Waals surface area contributed by atoms with Crippen molar-refractivity contribution in [2.75, 3.05) is 0 Å². The zero-order valence-electron chi connectivity index (χ0n) is 10.6. The molecule has 0 atom stereocenters. The molecule has 3 rings (SSSR count). The first kappa shape index (κ1) is 13.2. The van der Waals surface area contributed by atoms with Crippen LogP contribution >= 0.6 is 0 Å². The van der Waals surface area contributed by atoms with Crippen molar-refractivity contribution in [2.24, 2.45) is 0 Å². The van der Waals surface area contributed by atoms with E-state index in [2.05, 4.69) is 10.2 Å². The number of hydrogen-bond donors (Lipinski definition) is 1. The summed E-state index contributed by atoms with van der Waals surface area (Å²) in [5, 5.41) is 6.64. The zero-order valence-corrected chi connectivity index (χ0v) is 10.6. The van der Waals surface area contributed by atoms with E-state index in [1.54, 1.807) is 36.5 Å². The Labute approximate surface area is 118 Å². The van der Waals surface area contributed by atoms with Gasteiger partial charge < -0.3 is 4.74 Å². The molecule has 21 heavy (non-hydrogen) atoms. The van der Waals surface area contributed by atoms with Crippen molar-refractivity contribution in [1.82, 2.24) is 10.2 Å². The molecule has 0 radical (unpaired) electrons. The predicted octanol–water partition coefficient (Wildman–Crippen LogP) is 4.29. The lowest BCUT2D eigenvalue weighted by Gasteiger charge is -2.08. The summed E-state index contributed by atoms with van der Waals surface area (Å²) in [5.74, 6) is -4.23. The lowest BCUT2D eigenvalue weighted by Crippen LogP contribution is -1.95. The third kappa shape index (κ3) is 2.60. The molecule has 106 valence electrons. The monoisotopic (exact) mass is 290 g/mol. The van der Waals surface area contributed by atoms with E-state index in [1.165, 1.54) is 0 Å². The van der Waals surface area contributed by atoms with Crippen LogP contribution in [0.5, 0.6) is 11.5 Å². The van der Waals surface area contributed by atoms with Gasteiger partial charge in [-0.1, -0.05) is 0 Å². The molecular weight excluding hydrogens is 281 g/mol. The number of aromatic nitrogens is 2. The number of H-pyrrole nitrogens is 1. The van der Waals surface area contributed by atoms with Gasteiger partial charge in [0, 0.05) is 6.20 Å². The van der Waals surface area contributed by atoms with E-state index in [9.17, 15) is 13.2 Å². The van der Waals surface area contributed by atoms with E-state index >= 15 is 0 Å². The van der Waals surface area contributed by atoms with E-state index in [-0.39, 0.29) is 5.75 Å². The van der Waals surface area contributed by atoms with Crippen molar-refractivity contribution in [2.45, 2.75) is 0 Å². The number of aromatic amines is 1. The third-order valence-electron chi connectivity index (χ3n) is 2.89. The number of benzene rings is 2. The Bertz CT molecular complexity index is 755. The van der Waals surface area contributed by atoms with Gasteiger partial charge >= 0.3 is 0 Å². The minimum Gasteiger partial charge on any atom is -0.454 e. The molecule has 3 nitrogen and oxygen atoms in total. The lowest BCUT2D eigenvalue weighted by atomic mass is 10.1. The summed E-state index contributed by atoms with van der Waals surface area (Å²) in [6.07, 6.45) is 1.62. The van der Waals surface area contributed by atoms with Crippen LogP contribution in [0.4, 0.5) is 13.2 Å². The van der Waals surface area contributed by atoms with Crippen LogP contribution in [-0.4, -0.2) is 10.2 Å². The largest absolute Gasteiger partial charge is 0.454 e. The van der Waals surface area contributed by atoms with Gasteiger partial charge in [0.2, 0.25) is 5.82 Å². The topological polar surface area (TPSA) is 37.9 Å². The quantitative estimate of drug-likeness (QED) is 0.731. The first-order valence-corrected chi connectivity index (χ1v) is 6.06. The minimum absolute atomic E-state index is 0.308. The van der Waals surface area contributed by atoms with Gasteiger partial charge in [-0.25, -0.2) is 8.78 Å². The van der Waals surface area contributed by atoms with Crippen LogP contribution in [0.3, 0.4) is 0 Å². The summed E-state index contributed by atoms with van der Waals surface area (Å²) in [6.45, 7) is 0. The van der Waals surface area contributed by atoms with Gasteiger partial charge in [0.25, 0.3) is 0 Å². The van der Waals surface area contributed by atoms with Crippen molar-refractivity contribution in [3.05, 3.63) is 66.1 Å². The SMILES string of the molecule is Fc1ccc(Oc2ccc(-c3ccn[nH]3)cc2)c(F)c1F. The Kier molecular flexibility index (Phi) is 3.35. The van der Waals surface area contributed by atoms with E-state index in [1.807, 2.05) is 0 Å². The average Bonchev–Trinajstić information content (AvgIpc) is 3.03. The average molecular weight is 290 g/mol. The lowest BCUT2D eigenvalue weighted by molar-refractivity contribution is 0.394. The summed E-state index contributed by atoms with van der Waals surface area (Å²) in [4.78, 5) is 0. The number of nitrogens with one attached hydrogen (secondary N) is 1. The maximum atomic E-state index is 13.5. The van der Waals surface area contributed by atoms with Crippen molar-refractivity contribution in [3.8, 4) is 22.8 Å². The second kappa shape index (κ2) is 5.32. The van der Waals surface area contributed by atoms with Crippen LogP contribution < -0.4 is 4.74 Å². The molecule has 0 spiro atoms. The maximum absolute atomic E-state index is 13.5. The second-order valence-corrected chi connectivity index (χ2v) is 4.27. The molecular formula is C15H9F3N2O. The summed E-state index contributed by atoms with van der Waals surface area (Å²) < 4.78 is 44.6. The molecule has 0 aliphatic rings. The summed E-state index contributed by atoms with van der Waals surface area (Å²) in [7, 11) is 0. The number of nitrogens with zero attached hydrogens (tertiary/aromatic N) is 1. The Morgan fingerprint density at radius 3 is 2.29 bits per heavy atom. The van der Waals surface area contributed by atoms with Gasteiger partial charge in [-0.15, -0.1) is 0 Å². The fraction of sp³-hybridized carbons (Fsp3) is 0. The van der Waals surface area contributed by atoms with Crippen LogP contribution in [0.25, 0.3) is 11.3 Å². The second-order valence-electron chi connectivity index (χ2n) is 4.27. The summed E-state index contributed by atoms with van der Waals surface area (Å²) in [6, 6.07) is 10.3. The molecule has 0 fully saturated rings. The standard InChI is InChI=1S/C15H9F3N2O/c16-11-5-6-13(15(18)14(11)17)21-10-3-1-9(2-4-10)12-7-8-19-20-12/h1-8H,(H,19,20). The highest BCUT2D eigenvalue weighted by atomic mass is 19.2. The Hall–Kier alpha value is -2.76. The minimum atomic E-state index is -1.55. The number of halogens is 3. The third-order valence-corrected chi connectivity index (χ3v) is 2.89. The first-order chi connectivity index (χ1) is 10.1. The highest BCUT2D eigenvalue weighted by Gasteiger charge is 2.15. The van der Waals surface area contributed by atoms with Crippen molar-refractivity contribution < 1.29 is 17.9 Å². The molecule has 0 unspecified atom stereocenters. The molecule has 2 aromatic carbocycles. The summed E-state index contributed by atoms with van der Waals surface area (Å²) >= 11 is 0. The molecule has 0 bridgehead atoms. The fourth-order valence-corrected chi connectivity index (χ4v) is 1.83. The highest BCUT2D eigenvalue weighted by molar-refractivity contribution is 5.59. The van der Waals surface area contributed by atoms with Gasteiger partial charge in [0.15, 0.2) is 17.4 Å². The normalized spacial score (nSPS) is 10.6. The molecule has 0 aliphatic carbocycles. The Morgan fingerprint density at radius 1 is 0.857 bits per heavy atom. The highest BCUT2D eigenvalue weighted by Crippen LogP contribution is 2.28. The molecule has 1 heterocycles. The molecule has 1 N–H and O–H groups in total. The van der Waals surface area contributed by atoms with Crippen LogP contribution in [0, 0.1) is 17.5 Å². The van der Waals surface area contributed by atoms with Crippen LogP contribution in [-0.2, 0) is 0 Å². The van der Waals surface area contributed by atoms with Gasteiger partial charge in [-0.05, 0) is 48.0 Å².